The average molecular weight is 393 g/mol. The summed E-state index contributed by atoms with van der Waals surface area (Å²) in [4.78, 5) is 12.0. The first-order chi connectivity index (χ1) is 8.88. The maximum absolute atomic E-state index is 12.0. The molecule has 1 aromatic carbocycles. The van der Waals surface area contributed by atoms with E-state index in [4.69, 9.17) is 9.47 Å². The van der Waals surface area contributed by atoms with Gasteiger partial charge in [-0.05, 0) is 38.1 Å². The van der Waals surface area contributed by atoms with Gasteiger partial charge in [0.15, 0.2) is 0 Å². The average Bonchev–Trinajstić information content (AvgIpc) is 2.38. The first kappa shape index (κ1) is 19.2. The largest absolute Gasteiger partial charge is 1.00 e. The number of ether oxygens (including phenoxy) is 2. The highest BCUT2D eigenvalue weighted by molar-refractivity contribution is 5.89. The van der Waals surface area contributed by atoms with Crippen LogP contribution in [0.25, 0.3) is 0 Å². The van der Waals surface area contributed by atoms with Gasteiger partial charge in [0, 0.05) is 0 Å². The zero-order valence-electron chi connectivity index (χ0n) is 12.9. The van der Waals surface area contributed by atoms with E-state index in [1.54, 1.807) is 31.4 Å². The Balaban J connectivity index is 0.00000361. The van der Waals surface area contributed by atoms with E-state index in [1.807, 2.05) is 6.92 Å². The molecule has 0 aliphatic heterocycles. The van der Waals surface area contributed by atoms with Crippen LogP contribution in [0.3, 0.4) is 0 Å². The van der Waals surface area contributed by atoms with Gasteiger partial charge in [-0.15, -0.1) is 0 Å². The fourth-order valence-electron chi connectivity index (χ4n) is 1.84. The van der Waals surface area contributed by atoms with Crippen LogP contribution in [0.15, 0.2) is 24.3 Å². The number of carbonyl (C=O) groups is 1. The van der Waals surface area contributed by atoms with Crippen molar-refractivity contribution >= 4 is 5.97 Å². The van der Waals surface area contributed by atoms with Crippen LogP contribution in [0.1, 0.15) is 24.2 Å². The Hall–Kier alpha value is -0.820. The lowest BCUT2D eigenvalue weighted by atomic mass is 10.2. The quantitative estimate of drug-likeness (QED) is 0.366. The Labute approximate surface area is 138 Å². The molecule has 1 atom stereocenters. The molecule has 5 heteroatoms. The van der Waals surface area contributed by atoms with E-state index in [0.29, 0.717) is 5.56 Å². The molecule has 0 bridgehead atoms. The Morgan fingerprint density at radius 3 is 2.25 bits per heavy atom. The summed E-state index contributed by atoms with van der Waals surface area (Å²) in [7, 11) is 5.84. The highest BCUT2D eigenvalue weighted by Crippen LogP contribution is 2.13. The van der Waals surface area contributed by atoms with Gasteiger partial charge in [-0.25, -0.2) is 4.79 Å². The third-order valence-corrected chi connectivity index (χ3v) is 3.24. The van der Waals surface area contributed by atoms with E-state index in [9.17, 15) is 4.79 Å². The Morgan fingerprint density at radius 2 is 1.80 bits per heavy atom. The molecule has 1 unspecified atom stereocenters. The first-order valence-electron chi connectivity index (χ1n) is 6.55. The van der Waals surface area contributed by atoms with Crippen molar-refractivity contribution in [2.24, 2.45) is 0 Å². The number of benzene rings is 1. The van der Waals surface area contributed by atoms with E-state index in [-0.39, 0.29) is 36.0 Å². The Bertz CT molecular complexity index is 418. The fraction of sp³-hybridized carbons (Fsp3) is 0.533. The molecule has 0 radical (unpaired) electrons. The molecular weight excluding hydrogens is 369 g/mol. The van der Waals surface area contributed by atoms with Gasteiger partial charge >= 0.3 is 5.97 Å². The standard InChI is InChI=1S/C15H24NO3.HI/c1-6-16(3,4)11-12(2)19-15(17)13-7-9-14(18-5)10-8-13;/h7-10,12H,6,11H2,1-5H3;1H/q+1;/p-1. The van der Waals surface area contributed by atoms with Gasteiger partial charge in [-0.2, -0.15) is 0 Å². The number of halogens is 1. The van der Waals surface area contributed by atoms with E-state index in [0.717, 1.165) is 23.3 Å². The summed E-state index contributed by atoms with van der Waals surface area (Å²) in [6, 6.07) is 6.95. The van der Waals surface area contributed by atoms with Crippen LogP contribution in [0.4, 0.5) is 0 Å². The number of esters is 1. The summed E-state index contributed by atoms with van der Waals surface area (Å²) in [5.74, 6) is 0.444. The minimum Gasteiger partial charge on any atom is -1.00 e. The number of quaternary nitrogens is 1. The molecule has 4 nitrogen and oxygen atoms in total. The molecule has 0 aliphatic carbocycles. The second kappa shape index (κ2) is 8.46. The minimum absolute atomic E-state index is 0. The van der Waals surface area contributed by atoms with Crippen molar-refractivity contribution in [2.45, 2.75) is 20.0 Å². The van der Waals surface area contributed by atoms with Crippen molar-refractivity contribution < 1.29 is 42.7 Å². The van der Waals surface area contributed by atoms with Gasteiger partial charge in [0.2, 0.25) is 0 Å². The van der Waals surface area contributed by atoms with Crippen molar-refractivity contribution in [3.8, 4) is 5.75 Å². The van der Waals surface area contributed by atoms with Gasteiger partial charge in [0.1, 0.15) is 18.4 Å². The summed E-state index contributed by atoms with van der Waals surface area (Å²) < 4.78 is 11.3. The fourth-order valence-corrected chi connectivity index (χ4v) is 1.84. The number of methoxy groups -OCH3 is 1. The van der Waals surface area contributed by atoms with Crippen molar-refractivity contribution in [2.75, 3.05) is 34.3 Å². The molecule has 0 saturated heterocycles. The highest BCUT2D eigenvalue weighted by Gasteiger charge is 2.20. The van der Waals surface area contributed by atoms with Crippen LogP contribution < -0.4 is 28.7 Å². The van der Waals surface area contributed by atoms with Gasteiger partial charge in [0.05, 0.1) is 33.3 Å². The smallest absolute Gasteiger partial charge is 0.338 e. The van der Waals surface area contributed by atoms with Crippen molar-refractivity contribution in [1.29, 1.82) is 0 Å². The predicted octanol–water partition coefficient (Wildman–Crippen LogP) is -0.659. The summed E-state index contributed by atoms with van der Waals surface area (Å²) in [6.45, 7) is 5.86. The zero-order valence-corrected chi connectivity index (χ0v) is 15.0. The lowest BCUT2D eigenvalue weighted by Crippen LogP contribution is -3.00. The predicted molar refractivity (Wildman–Crippen MR) is 75.4 cm³/mol. The van der Waals surface area contributed by atoms with Gasteiger partial charge in [0.25, 0.3) is 0 Å². The van der Waals surface area contributed by atoms with Crippen LogP contribution in [0, 0.1) is 0 Å². The van der Waals surface area contributed by atoms with E-state index >= 15 is 0 Å². The highest BCUT2D eigenvalue weighted by atomic mass is 127. The number of hydrogen-bond acceptors (Lipinski definition) is 3. The summed E-state index contributed by atoms with van der Waals surface area (Å²) >= 11 is 0. The first-order valence-corrected chi connectivity index (χ1v) is 6.55. The lowest BCUT2D eigenvalue weighted by Gasteiger charge is -2.30. The monoisotopic (exact) mass is 393 g/mol. The van der Waals surface area contributed by atoms with E-state index in [2.05, 4.69) is 21.0 Å². The van der Waals surface area contributed by atoms with Crippen molar-refractivity contribution in [1.82, 2.24) is 0 Å². The topological polar surface area (TPSA) is 35.5 Å². The van der Waals surface area contributed by atoms with E-state index in [1.165, 1.54) is 0 Å². The second-order valence-electron chi connectivity index (χ2n) is 5.38. The minimum atomic E-state index is -0.286. The molecule has 0 amide bonds. The number of likely N-dealkylation sites (N-methyl/N-ethyl adjacent to an activating group) is 1. The third kappa shape index (κ3) is 6.09. The van der Waals surface area contributed by atoms with Crippen LogP contribution in [0.5, 0.6) is 5.75 Å². The third-order valence-electron chi connectivity index (χ3n) is 3.24. The van der Waals surface area contributed by atoms with Gasteiger partial charge in [-0.3, -0.25) is 0 Å². The molecule has 0 heterocycles. The molecule has 1 rings (SSSR count). The number of rotatable bonds is 6. The zero-order chi connectivity index (χ0) is 14.5. The van der Waals surface area contributed by atoms with Gasteiger partial charge in [-0.1, -0.05) is 0 Å². The summed E-state index contributed by atoms with van der Waals surface area (Å²) in [5.41, 5.74) is 0.550. The van der Waals surface area contributed by atoms with Crippen molar-refractivity contribution in [3.63, 3.8) is 0 Å². The lowest BCUT2D eigenvalue weighted by molar-refractivity contribution is -0.891. The Kier molecular flexibility index (Phi) is 8.12. The van der Waals surface area contributed by atoms with Crippen LogP contribution in [-0.4, -0.2) is 50.9 Å². The molecule has 0 fully saturated rings. The molecule has 0 aliphatic rings. The number of carbonyl (C=O) groups excluding carboxylic acids is 1. The number of hydrogen-bond donors (Lipinski definition) is 0. The normalized spacial score (nSPS) is 12.2. The molecule has 1 aromatic rings. The molecule has 20 heavy (non-hydrogen) atoms. The van der Waals surface area contributed by atoms with Gasteiger partial charge < -0.3 is 37.9 Å². The summed E-state index contributed by atoms with van der Waals surface area (Å²) in [6.07, 6.45) is -0.107. The van der Waals surface area contributed by atoms with Crippen LogP contribution in [0.2, 0.25) is 0 Å². The maximum atomic E-state index is 12.0. The molecule has 0 N–H and O–H groups in total. The molecule has 0 spiro atoms. The van der Waals surface area contributed by atoms with Crippen molar-refractivity contribution in [3.05, 3.63) is 29.8 Å². The summed E-state index contributed by atoms with van der Waals surface area (Å²) in [5, 5.41) is 0. The molecule has 0 saturated carbocycles. The van der Waals surface area contributed by atoms with Crippen LogP contribution in [-0.2, 0) is 4.74 Å². The SMILES string of the molecule is CC[N+](C)(C)CC(C)OC(=O)c1ccc(OC)cc1.[I-]. The van der Waals surface area contributed by atoms with E-state index < -0.39 is 0 Å². The Morgan fingerprint density at radius 1 is 1.25 bits per heavy atom. The second-order valence-corrected chi connectivity index (χ2v) is 5.38. The molecular formula is C15H24INO3. The molecule has 114 valence electrons. The molecule has 0 aromatic heterocycles. The maximum Gasteiger partial charge on any atom is 0.338 e. The van der Waals surface area contributed by atoms with Crippen LogP contribution >= 0.6 is 0 Å². The number of nitrogens with zero attached hydrogens (tertiary/aromatic N) is 1.